The number of benzene rings is 2. The molecule has 0 saturated carbocycles. The van der Waals surface area contributed by atoms with Gasteiger partial charge in [-0.3, -0.25) is 14.3 Å². The van der Waals surface area contributed by atoms with E-state index in [2.05, 4.69) is 10.4 Å². The van der Waals surface area contributed by atoms with E-state index < -0.39 is 11.5 Å². The number of ether oxygens (including phenoxy) is 1. The maximum Gasteiger partial charge on any atom is 0.358 e. The van der Waals surface area contributed by atoms with E-state index in [0.717, 1.165) is 16.7 Å². The summed E-state index contributed by atoms with van der Waals surface area (Å²) in [5, 5.41) is 7.25. The Balaban J connectivity index is 1.67. The largest absolute Gasteiger partial charge is 0.461 e. The number of fused-ring (bicyclic) bond motifs is 1. The molecule has 8 nitrogen and oxygen atoms in total. The summed E-state index contributed by atoms with van der Waals surface area (Å²) in [5.74, 6) is -1.26. The molecule has 4 rings (SSSR count). The lowest BCUT2D eigenvalue weighted by atomic mass is 9.94. The number of carbonyl (C=O) groups is 3. The molecule has 0 saturated heterocycles. The molecule has 0 spiro atoms. The molecule has 2 amide bonds. The van der Waals surface area contributed by atoms with Crippen molar-refractivity contribution in [3.8, 4) is 0 Å². The molecule has 2 heterocycles. The minimum absolute atomic E-state index is 0.0504. The molecule has 1 aliphatic rings. The van der Waals surface area contributed by atoms with Crippen LogP contribution in [0, 0.1) is 6.92 Å². The Morgan fingerprint density at radius 3 is 2.47 bits per heavy atom. The van der Waals surface area contributed by atoms with Crippen molar-refractivity contribution < 1.29 is 19.1 Å². The van der Waals surface area contributed by atoms with Crippen molar-refractivity contribution in [1.29, 1.82) is 0 Å². The second kappa shape index (κ2) is 9.51. The molecule has 1 N–H and O–H groups in total. The van der Waals surface area contributed by atoms with Crippen LogP contribution < -0.4 is 5.32 Å². The van der Waals surface area contributed by atoms with E-state index in [0.29, 0.717) is 6.54 Å². The Kier molecular flexibility index (Phi) is 6.49. The third kappa shape index (κ3) is 4.57. The number of hydrogen-bond acceptors (Lipinski definition) is 5. The van der Waals surface area contributed by atoms with Crippen LogP contribution >= 0.6 is 0 Å². The summed E-state index contributed by atoms with van der Waals surface area (Å²) in [4.78, 5) is 40.9. The van der Waals surface area contributed by atoms with E-state index in [-0.39, 0.29) is 42.9 Å². The van der Waals surface area contributed by atoms with Crippen LogP contribution in [0.4, 0.5) is 0 Å². The van der Waals surface area contributed by atoms with E-state index in [1.807, 2.05) is 61.5 Å². The number of amides is 2. The number of nitrogens with zero attached hydrogens (tertiary/aromatic N) is 3. The minimum Gasteiger partial charge on any atom is -0.461 e. The second-order valence-corrected chi connectivity index (χ2v) is 8.61. The fourth-order valence-corrected chi connectivity index (χ4v) is 4.04. The number of rotatable bonds is 7. The van der Waals surface area contributed by atoms with Gasteiger partial charge >= 0.3 is 5.97 Å². The fraction of sp³-hybridized carbons (Fsp3) is 0.308. The van der Waals surface area contributed by atoms with E-state index in [1.165, 1.54) is 10.7 Å². The van der Waals surface area contributed by atoms with Gasteiger partial charge < -0.3 is 15.0 Å². The summed E-state index contributed by atoms with van der Waals surface area (Å²) in [6, 6.07) is 18.8. The molecule has 0 aliphatic carbocycles. The highest BCUT2D eigenvalue weighted by Crippen LogP contribution is 2.30. The SMILES string of the molecule is CCOC(=O)c1cc2n(n1)C[C@](C)(C(=O)NCc1ccccc1)N(Cc1ccc(C)cc1)C2=O. The van der Waals surface area contributed by atoms with E-state index in [9.17, 15) is 14.4 Å². The monoisotopic (exact) mass is 460 g/mol. The van der Waals surface area contributed by atoms with Crippen molar-refractivity contribution in [2.24, 2.45) is 0 Å². The number of aryl methyl sites for hydroxylation is 1. The van der Waals surface area contributed by atoms with Gasteiger partial charge in [0.15, 0.2) is 5.69 Å². The van der Waals surface area contributed by atoms with Gasteiger partial charge in [-0.1, -0.05) is 60.2 Å². The van der Waals surface area contributed by atoms with Crippen molar-refractivity contribution in [3.05, 3.63) is 88.7 Å². The predicted octanol–water partition coefficient (Wildman–Crippen LogP) is 3.10. The average Bonchev–Trinajstić information content (AvgIpc) is 3.26. The van der Waals surface area contributed by atoms with E-state index in [4.69, 9.17) is 4.74 Å². The first-order valence-corrected chi connectivity index (χ1v) is 11.3. The van der Waals surface area contributed by atoms with E-state index in [1.54, 1.807) is 18.7 Å². The summed E-state index contributed by atoms with van der Waals surface area (Å²) in [5.41, 5.74) is 2.05. The van der Waals surface area contributed by atoms with Gasteiger partial charge in [-0.15, -0.1) is 0 Å². The van der Waals surface area contributed by atoms with Crippen LogP contribution in [-0.4, -0.2) is 44.6 Å². The molecule has 0 bridgehead atoms. The standard InChI is InChI=1S/C26H28N4O4/c1-4-34-24(32)21-14-22-23(31)29(16-20-12-10-18(2)11-13-20)26(3,17-30(22)28-21)25(33)27-15-19-8-6-5-7-9-19/h5-14H,4,15-17H2,1-3H3,(H,27,33)/t26-/m1/s1. The molecule has 3 aromatic rings. The maximum absolute atomic E-state index is 13.6. The van der Waals surface area contributed by atoms with E-state index >= 15 is 0 Å². The lowest BCUT2D eigenvalue weighted by molar-refractivity contribution is -0.133. The highest BCUT2D eigenvalue weighted by atomic mass is 16.5. The average molecular weight is 461 g/mol. The van der Waals surface area contributed by atoms with Crippen LogP contribution in [0.15, 0.2) is 60.7 Å². The van der Waals surface area contributed by atoms with Gasteiger partial charge in [-0.2, -0.15) is 5.10 Å². The van der Waals surface area contributed by atoms with Gasteiger partial charge in [0.05, 0.1) is 13.2 Å². The summed E-state index contributed by atoms with van der Waals surface area (Å²) in [6.45, 7) is 6.32. The molecule has 1 aliphatic heterocycles. The molecule has 2 aromatic carbocycles. The van der Waals surface area contributed by atoms with Gasteiger partial charge in [0, 0.05) is 19.2 Å². The summed E-state index contributed by atoms with van der Waals surface area (Å²) in [6.07, 6.45) is 0. The van der Waals surface area contributed by atoms with Crippen LogP contribution in [0.25, 0.3) is 0 Å². The van der Waals surface area contributed by atoms with Crippen LogP contribution in [0.5, 0.6) is 0 Å². The minimum atomic E-state index is -1.22. The van der Waals surface area contributed by atoms with Crippen molar-refractivity contribution >= 4 is 17.8 Å². The van der Waals surface area contributed by atoms with Crippen LogP contribution in [0.3, 0.4) is 0 Å². The maximum atomic E-state index is 13.6. The molecular formula is C26H28N4O4. The Morgan fingerprint density at radius 1 is 1.09 bits per heavy atom. The lowest BCUT2D eigenvalue weighted by Crippen LogP contribution is -2.63. The first-order chi connectivity index (χ1) is 16.3. The van der Waals surface area contributed by atoms with Crippen molar-refractivity contribution in [2.75, 3.05) is 6.61 Å². The van der Waals surface area contributed by atoms with Crippen molar-refractivity contribution in [1.82, 2.24) is 20.0 Å². The molecule has 8 heteroatoms. The number of nitrogens with one attached hydrogen (secondary N) is 1. The van der Waals surface area contributed by atoms with Gasteiger partial charge in [-0.25, -0.2) is 4.79 Å². The van der Waals surface area contributed by atoms with Crippen LogP contribution in [-0.2, 0) is 29.2 Å². The Hall–Kier alpha value is -3.94. The molecule has 1 aromatic heterocycles. The zero-order valence-corrected chi connectivity index (χ0v) is 19.6. The quantitative estimate of drug-likeness (QED) is 0.547. The van der Waals surface area contributed by atoms with Crippen LogP contribution in [0.1, 0.15) is 51.5 Å². The first kappa shape index (κ1) is 23.2. The normalized spacial score (nSPS) is 17.3. The highest BCUT2D eigenvalue weighted by molar-refractivity contribution is 6.01. The molecule has 176 valence electrons. The Labute approximate surface area is 198 Å². The Bertz CT molecular complexity index is 1200. The topological polar surface area (TPSA) is 93.5 Å². The molecule has 34 heavy (non-hydrogen) atoms. The van der Waals surface area contributed by atoms with Crippen LogP contribution in [0.2, 0.25) is 0 Å². The third-order valence-electron chi connectivity index (χ3n) is 6.03. The van der Waals surface area contributed by atoms with Gasteiger partial charge in [0.25, 0.3) is 5.91 Å². The van der Waals surface area contributed by atoms with Crippen molar-refractivity contribution in [2.45, 2.75) is 45.9 Å². The van der Waals surface area contributed by atoms with Gasteiger partial charge in [-0.05, 0) is 31.9 Å². The molecule has 0 radical (unpaired) electrons. The number of hydrogen-bond donors (Lipinski definition) is 1. The summed E-state index contributed by atoms with van der Waals surface area (Å²) < 4.78 is 6.48. The zero-order valence-electron chi connectivity index (χ0n) is 19.6. The number of aromatic nitrogens is 2. The predicted molar refractivity (Wildman–Crippen MR) is 126 cm³/mol. The second-order valence-electron chi connectivity index (χ2n) is 8.61. The number of carbonyl (C=O) groups excluding carboxylic acids is 3. The zero-order chi connectivity index (χ0) is 24.3. The number of esters is 1. The fourth-order valence-electron chi connectivity index (χ4n) is 4.04. The molecule has 0 unspecified atom stereocenters. The smallest absolute Gasteiger partial charge is 0.358 e. The molecular weight excluding hydrogens is 432 g/mol. The van der Waals surface area contributed by atoms with Gasteiger partial charge in [0.2, 0.25) is 5.91 Å². The third-order valence-corrected chi connectivity index (χ3v) is 6.03. The highest BCUT2D eigenvalue weighted by Gasteiger charge is 2.48. The molecule has 1 atom stereocenters. The Morgan fingerprint density at radius 2 is 1.79 bits per heavy atom. The van der Waals surface area contributed by atoms with Gasteiger partial charge in [0.1, 0.15) is 11.2 Å². The van der Waals surface area contributed by atoms with Crippen molar-refractivity contribution in [3.63, 3.8) is 0 Å². The molecule has 0 fully saturated rings. The first-order valence-electron chi connectivity index (χ1n) is 11.3. The summed E-state index contributed by atoms with van der Waals surface area (Å²) >= 11 is 0. The lowest BCUT2D eigenvalue weighted by Gasteiger charge is -2.43. The summed E-state index contributed by atoms with van der Waals surface area (Å²) in [7, 11) is 0.